The molecule has 0 fully saturated rings. The van der Waals surface area contributed by atoms with Gasteiger partial charge in [0.15, 0.2) is 0 Å². The van der Waals surface area contributed by atoms with E-state index in [0.717, 1.165) is 38.0 Å². The Hall–Kier alpha value is -3.44. The Bertz CT molecular complexity index is 1180. The lowest BCUT2D eigenvalue weighted by molar-refractivity contribution is -0.111. The van der Waals surface area contributed by atoms with Crippen molar-refractivity contribution in [2.75, 3.05) is 5.32 Å². The lowest BCUT2D eigenvalue weighted by atomic mass is 9.98. The van der Waals surface area contributed by atoms with Gasteiger partial charge in [0.1, 0.15) is 6.26 Å². The molecule has 1 aromatic heterocycles. The van der Waals surface area contributed by atoms with Crippen molar-refractivity contribution in [1.82, 2.24) is 4.98 Å². The predicted octanol–water partition coefficient (Wildman–Crippen LogP) is 6.73. The van der Waals surface area contributed by atoms with Crippen LogP contribution in [0, 0.1) is 6.92 Å². The maximum atomic E-state index is 12.2. The number of aryl methyl sites for hydroxylation is 1. The van der Waals surface area contributed by atoms with E-state index in [-0.39, 0.29) is 5.91 Å². The summed E-state index contributed by atoms with van der Waals surface area (Å²) in [5.41, 5.74) is 5.94. The fourth-order valence-electron chi connectivity index (χ4n) is 3.09. The molecule has 0 saturated heterocycles. The summed E-state index contributed by atoms with van der Waals surface area (Å²) in [4.78, 5) is 16.4. The van der Waals surface area contributed by atoms with Crippen molar-refractivity contribution in [2.45, 2.75) is 6.92 Å². The smallest absolute Gasteiger partial charge is 0.248 e. The monoisotopic (exact) mass is 458 g/mol. The van der Waals surface area contributed by atoms with E-state index in [4.69, 9.17) is 4.42 Å². The van der Waals surface area contributed by atoms with E-state index in [1.54, 1.807) is 18.5 Å². The highest BCUT2D eigenvalue weighted by molar-refractivity contribution is 9.10. The van der Waals surface area contributed by atoms with E-state index in [1.807, 2.05) is 54.6 Å². The molecule has 148 valence electrons. The molecule has 0 unspecified atom stereocenters. The fraction of sp³-hybridized carbons (Fsp3) is 0.0400. The minimum Gasteiger partial charge on any atom is -0.445 e. The summed E-state index contributed by atoms with van der Waals surface area (Å²) in [6.45, 7) is 2.07. The number of aromatic nitrogens is 1. The predicted molar refractivity (Wildman–Crippen MR) is 124 cm³/mol. The number of anilines is 1. The number of rotatable bonds is 5. The van der Waals surface area contributed by atoms with Gasteiger partial charge < -0.3 is 9.73 Å². The molecule has 0 saturated carbocycles. The number of carbonyl (C=O) groups excluding carboxylic acids is 1. The third-order valence-electron chi connectivity index (χ3n) is 4.68. The molecule has 0 spiro atoms. The van der Waals surface area contributed by atoms with Gasteiger partial charge >= 0.3 is 0 Å². The van der Waals surface area contributed by atoms with Gasteiger partial charge in [-0.25, -0.2) is 4.98 Å². The highest BCUT2D eigenvalue weighted by atomic mass is 79.9. The largest absolute Gasteiger partial charge is 0.445 e. The second-order valence-electron chi connectivity index (χ2n) is 6.82. The molecule has 4 aromatic rings. The number of amides is 1. The van der Waals surface area contributed by atoms with Crippen LogP contribution in [-0.4, -0.2) is 10.9 Å². The number of hydrogen-bond acceptors (Lipinski definition) is 3. The molecule has 4 rings (SSSR count). The quantitative estimate of drug-likeness (QED) is 0.337. The highest BCUT2D eigenvalue weighted by Gasteiger charge is 2.08. The van der Waals surface area contributed by atoms with Crippen LogP contribution in [0.15, 0.2) is 94.2 Å². The molecule has 1 heterocycles. The number of halogens is 1. The molecule has 0 aliphatic carbocycles. The van der Waals surface area contributed by atoms with Gasteiger partial charge in [-0.3, -0.25) is 4.79 Å². The highest BCUT2D eigenvalue weighted by Crippen LogP contribution is 2.29. The average Bonchev–Trinajstić information content (AvgIpc) is 3.29. The first-order valence-corrected chi connectivity index (χ1v) is 10.2. The molecule has 0 atom stereocenters. The van der Waals surface area contributed by atoms with Gasteiger partial charge in [0, 0.05) is 21.8 Å². The molecule has 30 heavy (non-hydrogen) atoms. The average molecular weight is 459 g/mol. The fourth-order valence-corrected chi connectivity index (χ4v) is 3.36. The number of benzene rings is 3. The number of hydrogen-bond donors (Lipinski definition) is 1. The Morgan fingerprint density at radius 1 is 1.00 bits per heavy atom. The first kappa shape index (κ1) is 19.9. The van der Waals surface area contributed by atoms with Crippen molar-refractivity contribution in [2.24, 2.45) is 0 Å². The molecule has 1 amide bonds. The van der Waals surface area contributed by atoms with Gasteiger partial charge in [-0.2, -0.15) is 0 Å². The van der Waals surface area contributed by atoms with Gasteiger partial charge in [-0.15, -0.1) is 0 Å². The summed E-state index contributed by atoms with van der Waals surface area (Å²) in [6.07, 6.45) is 6.52. The Labute approximate surface area is 183 Å². The van der Waals surface area contributed by atoms with Crippen molar-refractivity contribution >= 4 is 33.6 Å². The van der Waals surface area contributed by atoms with Gasteiger partial charge in [-0.1, -0.05) is 46.3 Å². The molecule has 1 N–H and O–H groups in total. The third kappa shape index (κ3) is 4.75. The number of oxazole rings is 1. The minimum absolute atomic E-state index is 0.173. The number of nitrogens with one attached hydrogen (secondary N) is 1. The van der Waals surface area contributed by atoms with Crippen LogP contribution in [0.2, 0.25) is 0 Å². The molecule has 0 bridgehead atoms. The van der Waals surface area contributed by atoms with Crippen molar-refractivity contribution < 1.29 is 9.21 Å². The SMILES string of the molecule is Cc1ccc(-c2ncco2)cc1-c1ccc(NC(=O)C=Cc2ccc(Br)cc2)cc1. The lowest BCUT2D eigenvalue weighted by Gasteiger charge is -2.09. The first-order chi connectivity index (χ1) is 14.6. The van der Waals surface area contributed by atoms with Gasteiger partial charge in [-0.05, 0) is 71.7 Å². The van der Waals surface area contributed by atoms with E-state index in [1.165, 1.54) is 6.08 Å². The second-order valence-corrected chi connectivity index (χ2v) is 7.73. The van der Waals surface area contributed by atoms with Crippen LogP contribution >= 0.6 is 15.9 Å². The zero-order valence-corrected chi connectivity index (χ0v) is 17.9. The number of nitrogens with zero attached hydrogens (tertiary/aromatic N) is 1. The second kappa shape index (κ2) is 8.93. The summed E-state index contributed by atoms with van der Waals surface area (Å²) in [5, 5.41) is 2.89. The molecule has 3 aromatic carbocycles. The van der Waals surface area contributed by atoms with Crippen molar-refractivity contribution in [3.8, 4) is 22.6 Å². The first-order valence-electron chi connectivity index (χ1n) is 9.44. The molecule has 0 aliphatic rings. The van der Waals surface area contributed by atoms with E-state index < -0.39 is 0 Å². The third-order valence-corrected chi connectivity index (χ3v) is 5.21. The Morgan fingerprint density at radius 3 is 2.43 bits per heavy atom. The summed E-state index contributed by atoms with van der Waals surface area (Å²) in [5.74, 6) is 0.422. The topological polar surface area (TPSA) is 55.1 Å². The van der Waals surface area contributed by atoms with Crippen molar-refractivity contribution in [3.63, 3.8) is 0 Å². The minimum atomic E-state index is -0.173. The zero-order chi connectivity index (χ0) is 20.9. The Morgan fingerprint density at radius 2 is 1.73 bits per heavy atom. The van der Waals surface area contributed by atoms with Gasteiger partial charge in [0.05, 0.1) is 6.20 Å². The lowest BCUT2D eigenvalue weighted by Crippen LogP contribution is -2.07. The zero-order valence-electron chi connectivity index (χ0n) is 16.3. The summed E-state index contributed by atoms with van der Waals surface area (Å²) >= 11 is 3.40. The van der Waals surface area contributed by atoms with Crippen LogP contribution in [0.1, 0.15) is 11.1 Å². The van der Waals surface area contributed by atoms with Crippen molar-refractivity contribution in [1.29, 1.82) is 0 Å². The van der Waals surface area contributed by atoms with E-state index in [0.29, 0.717) is 5.89 Å². The molecule has 0 aliphatic heterocycles. The summed E-state index contributed by atoms with van der Waals surface area (Å²) in [6, 6.07) is 21.7. The number of carbonyl (C=O) groups is 1. The van der Waals surface area contributed by atoms with Crippen LogP contribution in [0.4, 0.5) is 5.69 Å². The Kier molecular flexibility index (Phi) is 5.91. The maximum absolute atomic E-state index is 12.2. The normalized spacial score (nSPS) is 11.0. The molecular formula is C25H19BrN2O2. The summed E-state index contributed by atoms with van der Waals surface area (Å²) < 4.78 is 6.41. The van der Waals surface area contributed by atoms with Crippen LogP contribution in [-0.2, 0) is 4.79 Å². The van der Waals surface area contributed by atoms with E-state index in [9.17, 15) is 4.79 Å². The van der Waals surface area contributed by atoms with E-state index >= 15 is 0 Å². The Balaban J connectivity index is 1.47. The molecular weight excluding hydrogens is 440 g/mol. The standard InChI is InChI=1S/C25H19BrN2O2/c1-17-2-6-20(25-27-14-15-30-25)16-23(17)19-7-11-22(12-8-19)28-24(29)13-5-18-3-9-21(26)10-4-18/h2-16H,1H3,(H,28,29). The van der Waals surface area contributed by atoms with Crippen LogP contribution in [0.5, 0.6) is 0 Å². The molecule has 0 radical (unpaired) electrons. The maximum Gasteiger partial charge on any atom is 0.248 e. The van der Waals surface area contributed by atoms with Gasteiger partial charge in [0.25, 0.3) is 0 Å². The molecule has 5 heteroatoms. The van der Waals surface area contributed by atoms with Crippen molar-refractivity contribution in [3.05, 3.63) is 101 Å². The summed E-state index contributed by atoms with van der Waals surface area (Å²) in [7, 11) is 0. The molecule has 4 nitrogen and oxygen atoms in total. The van der Waals surface area contributed by atoms with Gasteiger partial charge in [0.2, 0.25) is 11.8 Å². The van der Waals surface area contributed by atoms with Crippen LogP contribution in [0.3, 0.4) is 0 Å². The van der Waals surface area contributed by atoms with Crippen LogP contribution in [0.25, 0.3) is 28.7 Å². The van der Waals surface area contributed by atoms with Crippen LogP contribution < -0.4 is 5.32 Å². The van der Waals surface area contributed by atoms with E-state index in [2.05, 4.69) is 45.3 Å².